The number of benzene rings is 1. The average molecular weight is 336 g/mol. The number of carbonyl (C=O) groups excluding carboxylic acids is 2. The topological polar surface area (TPSA) is 58.6 Å². The molecule has 0 bridgehead atoms. The maximum atomic E-state index is 13.4. The van der Waals surface area contributed by atoms with E-state index in [1.807, 2.05) is 17.9 Å². The van der Waals surface area contributed by atoms with Crippen molar-refractivity contribution in [2.75, 3.05) is 26.3 Å². The van der Waals surface area contributed by atoms with Gasteiger partial charge in [0.25, 0.3) is 0 Å². The molecule has 2 rings (SSSR count). The second kappa shape index (κ2) is 9.37. The summed E-state index contributed by atoms with van der Waals surface area (Å²) in [6.45, 7) is 3.34. The van der Waals surface area contributed by atoms with Gasteiger partial charge in [0.15, 0.2) is 0 Å². The van der Waals surface area contributed by atoms with Crippen LogP contribution in [0.2, 0.25) is 0 Å². The van der Waals surface area contributed by atoms with E-state index in [0.717, 1.165) is 18.4 Å². The number of likely N-dealkylation sites (tertiary alicyclic amines) is 1. The number of ether oxygens (including phenoxy) is 1. The first kappa shape index (κ1) is 18.4. The lowest BCUT2D eigenvalue weighted by Gasteiger charge is -2.35. The molecule has 1 heterocycles. The molecule has 1 N–H and O–H groups in total. The highest BCUT2D eigenvalue weighted by Crippen LogP contribution is 2.17. The summed E-state index contributed by atoms with van der Waals surface area (Å²) in [5, 5.41) is 2.82. The number of amides is 2. The maximum absolute atomic E-state index is 13.4. The monoisotopic (exact) mass is 336 g/mol. The molecule has 1 aliphatic heterocycles. The van der Waals surface area contributed by atoms with Crippen molar-refractivity contribution in [1.82, 2.24) is 10.2 Å². The number of hydrogen-bond donors (Lipinski definition) is 1. The highest BCUT2D eigenvalue weighted by atomic mass is 19.1. The summed E-state index contributed by atoms with van der Waals surface area (Å²) in [6, 6.07) is 6.20. The van der Waals surface area contributed by atoms with Gasteiger partial charge in [-0.25, -0.2) is 4.39 Å². The van der Waals surface area contributed by atoms with Gasteiger partial charge in [-0.2, -0.15) is 0 Å². The number of nitrogens with zero attached hydrogens (tertiary/aromatic N) is 1. The predicted molar refractivity (Wildman–Crippen MR) is 89.0 cm³/mol. The van der Waals surface area contributed by atoms with Gasteiger partial charge in [0.2, 0.25) is 11.8 Å². The average Bonchev–Trinajstić information content (AvgIpc) is 2.57. The Bertz CT molecular complexity index is 565. The summed E-state index contributed by atoms with van der Waals surface area (Å²) in [5.41, 5.74) is 0.817. The van der Waals surface area contributed by atoms with Crippen LogP contribution in [0.1, 0.15) is 31.7 Å². The minimum absolute atomic E-state index is 0.0110. The lowest BCUT2D eigenvalue weighted by Crippen LogP contribution is -2.50. The molecule has 1 aliphatic rings. The fraction of sp³-hybridized carbons (Fsp3) is 0.556. The largest absolute Gasteiger partial charge is 0.372 e. The molecule has 1 aromatic carbocycles. The summed E-state index contributed by atoms with van der Waals surface area (Å²) in [6.07, 6.45) is 2.90. The van der Waals surface area contributed by atoms with Crippen molar-refractivity contribution < 1.29 is 18.7 Å². The third-order valence-electron chi connectivity index (χ3n) is 4.13. The molecule has 0 saturated carbocycles. The molecule has 1 aromatic rings. The quantitative estimate of drug-likeness (QED) is 0.789. The molecule has 0 aliphatic carbocycles. The lowest BCUT2D eigenvalue weighted by molar-refractivity contribution is -0.136. The zero-order chi connectivity index (χ0) is 17.4. The van der Waals surface area contributed by atoms with Crippen LogP contribution < -0.4 is 5.32 Å². The molecular formula is C18H25FN2O3. The van der Waals surface area contributed by atoms with Gasteiger partial charge < -0.3 is 15.0 Å². The first-order valence-corrected chi connectivity index (χ1v) is 8.48. The summed E-state index contributed by atoms with van der Waals surface area (Å²) in [5.74, 6) is -0.399. The third-order valence-corrected chi connectivity index (χ3v) is 4.13. The van der Waals surface area contributed by atoms with Gasteiger partial charge in [-0.05, 0) is 43.9 Å². The van der Waals surface area contributed by atoms with E-state index in [2.05, 4.69) is 5.32 Å². The van der Waals surface area contributed by atoms with Gasteiger partial charge >= 0.3 is 0 Å². The van der Waals surface area contributed by atoms with Gasteiger partial charge in [0.05, 0.1) is 6.04 Å². The van der Waals surface area contributed by atoms with Crippen LogP contribution >= 0.6 is 0 Å². The maximum Gasteiger partial charge on any atom is 0.246 e. The number of halogens is 1. The first-order chi connectivity index (χ1) is 11.6. The van der Waals surface area contributed by atoms with Crippen LogP contribution in [0, 0.1) is 5.82 Å². The van der Waals surface area contributed by atoms with Gasteiger partial charge in [0.1, 0.15) is 12.4 Å². The van der Waals surface area contributed by atoms with Gasteiger partial charge in [-0.15, -0.1) is 0 Å². The second-order valence-electron chi connectivity index (χ2n) is 5.97. The Kier molecular flexibility index (Phi) is 7.18. The molecule has 0 spiro atoms. The van der Waals surface area contributed by atoms with E-state index in [1.54, 1.807) is 6.07 Å². The number of piperidine rings is 1. The molecule has 24 heavy (non-hydrogen) atoms. The number of hydrogen-bond acceptors (Lipinski definition) is 3. The molecule has 132 valence electrons. The highest BCUT2D eigenvalue weighted by molar-refractivity contribution is 5.78. The van der Waals surface area contributed by atoms with E-state index in [4.69, 9.17) is 4.74 Å². The molecule has 0 aromatic heterocycles. The zero-order valence-electron chi connectivity index (χ0n) is 14.1. The smallest absolute Gasteiger partial charge is 0.246 e. The first-order valence-electron chi connectivity index (χ1n) is 8.48. The molecule has 5 nitrogen and oxygen atoms in total. The van der Waals surface area contributed by atoms with Gasteiger partial charge in [-0.3, -0.25) is 9.59 Å². The molecule has 0 radical (unpaired) electrons. The fourth-order valence-electron chi connectivity index (χ4n) is 2.92. The van der Waals surface area contributed by atoms with Crippen molar-refractivity contribution in [3.05, 3.63) is 35.6 Å². The summed E-state index contributed by atoms with van der Waals surface area (Å²) < 4.78 is 18.5. The van der Waals surface area contributed by atoms with Crippen LogP contribution in [0.3, 0.4) is 0 Å². The Labute approximate surface area is 142 Å². The highest BCUT2D eigenvalue weighted by Gasteiger charge is 2.26. The molecule has 1 saturated heterocycles. The fourth-order valence-corrected chi connectivity index (χ4v) is 2.92. The number of carbonyl (C=O) groups is 2. The summed E-state index contributed by atoms with van der Waals surface area (Å²) in [4.78, 5) is 25.8. The standard InChI is InChI=1S/C18H25FN2O3/c1-2-24-13-17(22)20-12-16(21-9-4-3-8-18(21)23)11-14-6-5-7-15(19)10-14/h5-7,10,16H,2-4,8-9,11-13H2,1H3,(H,20,22). The van der Waals surface area contributed by atoms with Crippen LogP contribution in [-0.4, -0.2) is 49.1 Å². The van der Waals surface area contributed by atoms with E-state index in [-0.39, 0.29) is 30.3 Å². The zero-order valence-corrected chi connectivity index (χ0v) is 14.1. The van der Waals surface area contributed by atoms with E-state index < -0.39 is 0 Å². The Balaban J connectivity index is 2.03. The van der Waals surface area contributed by atoms with Crippen LogP contribution in [0.15, 0.2) is 24.3 Å². The van der Waals surface area contributed by atoms with Crippen LogP contribution in [0.4, 0.5) is 4.39 Å². The molecule has 6 heteroatoms. The molecule has 1 unspecified atom stereocenters. The summed E-state index contributed by atoms with van der Waals surface area (Å²) in [7, 11) is 0. The molecular weight excluding hydrogens is 311 g/mol. The predicted octanol–water partition coefficient (Wildman–Crippen LogP) is 1.90. The molecule has 1 atom stereocenters. The Morgan fingerprint density at radius 3 is 2.96 bits per heavy atom. The van der Waals surface area contributed by atoms with E-state index in [9.17, 15) is 14.0 Å². The summed E-state index contributed by atoms with van der Waals surface area (Å²) >= 11 is 0. The minimum Gasteiger partial charge on any atom is -0.372 e. The van der Waals surface area contributed by atoms with Gasteiger partial charge in [-0.1, -0.05) is 12.1 Å². The number of nitrogens with one attached hydrogen (secondary N) is 1. The second-order valence-corrected chi connectivity index (χ2v) is 5.97. The van der Waals surface area contributed by atoms with Crippen molar-refractivity contribution in [3.63, 3.8) is 0 Å². The van der Waals surface area contributed by atoms with Crippen molar-refractivity contribution in [2.45, 2.75) is 38.6 Å². The van der Waals surface area contributed by atoms with E-state index in [1.165, 1.54) is 12.1 Å². The SMILES string of the molecule is CCOCC(=O)NCC(Cc1cccc(F)c1)N1CCCCC1=O. The van der Waals surface area contributed by atoms with Gasteiger partial charge in [0, 0.05) is 26.1 Å². The third kappa shape index (κ3) is 5.60. The normalized spacial score (nSPS) is 16.1. The van der Waals surface area contributed by atoms with E-state index in [0.29, 0.717) is 32.5 Å². The molecule has 2 amide bonds. The Morgan fingerprint density at radius 2 is 2.25 bits per heavy atom. The Hall–Kier alpha value is -1.95. The van der Waals surface area contributed by atoms with Crippen molar-refractivity contribution in [1.29, 1.82) is 0 Å². The van der Waals surface area contributed by atoms with Crippen molar-refractivity contribution in [2.24, 2.45) is 0 Å². The van der Waals surface area contributed by atoms with Crippen molar-refractivity contribution in [3.8, 4) is 0 Å². The van der Waals surface area contributed by atoms with E-state index >= 15 is 0 Å². The number of rotatable bonds is 8. The Morgan fingerprint density at radius 1 is 1.42 bits per heavy atom. The lowest BCUT2D eigenvalue weighted by atomic mass is 10.0. The van der Waals surface area contributed by atoms with Crippen LogP contribution in [-0.2, 0) is 20.7 Å². The van der Waals surface area contributed by atoms with Crippen molar-refractivity contribution >= 4 is 11.8 Å². The van der Waals surface area contributed by atoms with Crippen LogP contribution in [0.25, 0.3) is 0 Å². The molecule has 1 fully saturated rings. The van der Waals surface area contributed by atoms with Crippen LogP contribution in [0.5, 0.6) is 0 Å². The minimum atomic E-state index is -0.295.